The number of esters is 1. The molecule has 5 rings (SSSR count). The summed E-state index contributed by atoms with van der Waals surface area (Å²) in [5.41, 5.74) is 1.65. The second-order valence-corrected chi connectivity index (χ2v) is 10.8. The van der Waals surface area contributed by atoms with E-state index in [0.717, 1.165) is 50.6 Å². The first-order valence-corrected chi connectivity index (χ1v) is 14.7. The van der Waals surface area contributed by atoms with Gasteiger partial charge in [0.15, 0.2) is 6.54 Å². The number of carbonyl (C=O) groups excluding carboxylic acids is 1. The summed E-state index contributed by atoms with van der Waals surface area (Å²) < 4.78 is 12.0. The van der Waals surface area contributed by atoms with E-state index in [1.54, 1.807) is 11.3 Å². The Labute approximate surface area is 224 Å². The average molecular weight is 523 g/mol. The van der Waals surface area contributed by atoms with Crippen molar-refractivity contribution in [2.45, 2.75) is 83.3 Å². The molecule has 2 N–H and O–H groups in total. The Hall–Kier alpha value is -2.77. The number of quaternary nitrogens is 1. The molecular formula is C30H40N3O3S+. The van der Waals surface area contributed by atoms with Crippen molar-refractivity contribution in [3.8, 4) is 11.5 Å². The van der Waals surface area contributed by atoms with Crippen molar-refractivity contribution in [1.29, 1.82) is 0 Å². The standard InChI is InChI=1S/C28H33N3O3S.C2H6/c1-20-18-23(33-27(32)28(24-12-9-17-35-24)14-7-2-3-8-15-28)22(20)13-16-29-19-25-30-31-26(34-25)21-10-5-4-6-11-21;1-2/h4-6,9-12,17,22-23,29H,1-3,7-8,13-16,18-19H2;1-2H3/p+1. The van der Waals surface area contributed by atoms with E-state index in [1.807, 2.05) is 44.2 Å². The van der Waals surface area contributed by atoms with E-state index >= 15 is 0 Å². The smallest absolute Gasteiger partial charge is 0.317 e. The third kappa shape index (κ3) is 6.39. The molecule has 2 fully saturated rings. The number of rotatable bonds is 9. The second-order valence-electron chi connectivity index (χ2n) is 9.82. The van der Waals surface area contributed by atoms with Crippen molar-refractivity contribution in [3.05, 3.63) is 70.8 Å². The zero-order chi connectivity index (χ0) is 26.1. The first-order valence-electron chi connectivity index (χ1n) is 13.8. The van der Waals surface area contributed by atoms with E-state index in [9.17, 15) is 4.79 Å². The van der Waals surface area contributed by atoms with Crippen LogP contribution < -0.4 is 5.32 Å². The fourth-order valence-corrected chi connectivity index (χ4v) is 6.38. The Balaban J connectivity index is 0.00000156. The Bertz CT molecular complexity index is 1120. The highest BCUT2D eigenvalue weighted by atomic mass is 32.1. The molecule has 0 aliphatic heterocycles. The number of thiophene rings is 1. The van der Waals surface area contributed by atoms with Gasteiger partial charge in [-0.25, -0.2) is 0 Å². The van der Waals surface area contributed by atoms with Crippen LogP contribution in [0, 0.1) is 5.92 Å². The van der Waals surface area contributed by atoms with E-state index in [1.165, 1.54) is 23.3 Å². The van der Waals surface area contributed by atoms with E-state index < -0.39 is 5.41 Å². The van der Waals surface area contributed by atoms with Crippen molar-refractivity contribution in [2.75, 3.05) is 6.54 Å². The number of nitrogens with two attached hydrogens (primary N) is 1. The first kappa shape index (κ1) is 27.3. The van der Waals surface area contributed by atoms with Gasteiger partial charge in [0, 0.05) is 29.2 Å². The van der Waals surface area contributed by atoms with E-state index in [-0.39, 0.29) is 18.0 Å². The molecule has 0 bridgehead atoms. The summed E-state index contributed by atoms with van der Waals surface area (Å²) in [7, 11) is 0. The lowest BCUT2D eigenvalue weighted by atomic mass is 9.74. The molecule has 0 amide bonds. The summed E-state index contributed by atoms with van der Waals surface area (Å²) in [4.78, 5) is 14.7. The Morgan fingerprint density at radius 1 is 1.11 bits per heavy atom. The summed E-state index contributed by atoms with van der Waals surface area (Å²) in [6.07, 6.45) is 8.01. The van der Waals surface area contributed by atoms with Crippen LogP contribution in [0.4, 0.5) is 0 Å². The number of hydrogen-bond donors (Lipinski definition) is 1. The molecule has 3 aromatic rings. The zero-order valence-corrected chi connectivity index (χ0v) is 23.0. The maximum Gasteiger partial charge on any atom is 0.317 e. The van der Waals surface area contributed by atoms with Crippen LogP contribution in [-0.4, -0.2) is 28.8 Å². The highest BCUT2D eigenvalue weighted by molar-refractivity contribution is 7.10. The Morgan fingerprint density at radius 3 is 2.54 bits per heavy atom. The number of benzene rings is 1. The van der Waals surface area contributed by atoms with Gasteiger partial charge in [-0.15, -0.1) is 21.5 Å². The number of ether oxygens (including phenoxy) is 1. The highest BCUT2D eigenvalue weighted by Crippen LogP contribution is 2.44. The molecule has 2 heterocycles. The van der Waals surface area contributed by atoms with Gasteiger partial charge in [0.05, 0.1) is 6.54 Å². The van der Waals surface area contributed by atoms with Gasteiger partial charge in [-0.3, -0.25) is 4.79 Å². The van der Waals surface area contributed by atoms with Crippen molar-refractivity contribution in [1.82, 2.24) is 10.2 Å². The maximum atomic E-state index is 13.6. The molecule has 2 aliphatic rings. The van der Waals surface area contributed by atoms with Gasteiger partial charge in [0.25, 0.3) is 5.89 Å². The molecule has 2 saturated carbocycles. The lowest BCUT2D eigenvalue weighted by Gasteiger charge is -2.40. The zero-order valence-electron chi connectivity index (χ0n) is 22.2. The second kappa shape index (κ2) is 13.2. The van der Waals surface area contributed by atoms with Crippen molar-refractivity contribution in [3.63, 3.8) is 0 Å². The minimum Gasteiger partial charge on any atom is -0.461 e. The topological polar surface area (TPSA) is 81.8 Å². The summed E-state index contributed by atoms with van der Waals surface area (Å²) in [6.45, 7) is 9.74. The summed E-state index contributed by atoms with van der Waals surface area (Å²) in [5.74, 6) is 1.37. The highest BCUT2D eigenvalue weighted by Gasteiger charge is 2.46. The Morgan fingerprint density at radius 2 is 1.86 bits per heavy atom. The quantitative estimate of drug-likeness (QED) is 0.160. The molecule has 37 heavy (non-hydrogen) atoms. The number of nitrogens with zero attached hydrogens (tertiary/aromatic N) is 2. The third-order valence-corrected chi connectivity index (χ3v) is 8.60. The lowest BCUT2D eigenvalue weighted by molar-refractivity contribution is -0.674. The molecular weight excluding hydrogens is 482 g/mol. The summed E-state index contributed by atoms with van der Waals surface area (Å²) in [5, 5.41) is 12.6. The summed E-state index contributed by atoms with van der Waals surface area (Å²) >= 11 is 1.69. The van der Waals surface area contributed by atoms with Crippen LogP contribution in [-0.2, 0) is 21.5 Å². The first-order chi connectivity index (χ1) is 18.2. The van der Waals surface area contributed by atoms with Crippen molar-refractivity contribution < 1.29 is 19.3 Å². The van der Waals surface area contributed by atoms with Crippen LogP contribution in [0.25, 0.3) is 11.5 Å². The lowest BCUT2D eigenvalue weighted by Crippen LogP contribution is -2.83. The largest absolute Gasteiger partial charge is 0.461 e. The molecule has 0 radical (unpaired) electrons. The van der Waals surface area contributed by atoms with E-state index in [4.69, 9.17) is 9.15 Å². The van der Waals surface area contributed by atoms with E-state index in [0.29, 0.717) is 18.3 Å². The van der Waals surface area contributed by atoms with Crippen molar-refractivity contribution >= 4 is 17.3 Å². The minimum atomic E-state index is -0.466. The molecule has 1 aromatic carbocycles. The normalized spacial score (nSPS) is 20.8. The van der Waals surface area contributed by atoms with Gasteiger partial charge in [-0.05, 0) is 36.4 Å². The molecule has 2 unspecified atom stereocenters. The Kier molecular flexibility index (Phi) is 9.69. The fourth-order valence-electron chi connectivity index (χ4n) is 5.41. The number of aromatic nitrogens is 2. The molecule has 6 nitrogen and oxygen atoms in total. The van der Waals surface area contributed by atoms with Crippen LogP contribution in [0.5, 0.6) is 0 Å². The monoisotopic (exact) mass is 522 g/mol. The third-order valence-electron chi connectivity index (χ3n) is 7.52. The van der Waals surface area contributed by atoms with Crippen LogP contribution in [0.2, 0.25) is 0 Å². The van der Waals surface area contributed by atoms with Crippen LogP contribution in [0.3, 0.4) is 0 Å². The molecule has 2 atom stereocenters. The van der Waals surface area contributed by atoms with Crippen LogP contribution in [0.1, 0.15) is 76.0 Å². The van der Waals surface area contributed by atoms with Gasteiger partial charge in [-0.2, -0.15) is 0 Å². The number of carbonyl (C=O) groups is 1. The summed E-state index contributed by atoms with van der Waals surface area (Å²) in [6, 6.07) is 14.0. The number of hydrogen-bond acceptors (Lipinski definition) is 6. The fraction of sp³-hybridized carbons (Fsp3) is 0.500. The van der Waals surface area contributed by atoms with Gasteiger partial charge in [0.1, 0.15) is 11.5 Å². The molecule has 0 saturated heterocycles. The predicted octanol–water partition coefficient (Wildman–Crippen LogP) is 6.06. The average Bonchev–Trinajstić information content (AvgIpc) is 3.58. The molecule has 198 valence electrons. The molecule has 7 heteroatoms. The van der Waals surface area contributed by atoms with Gasteiger partial charge in [-0.1, -0.05) is 75.9 Å². The van der Waals surface area contributed by atoms with Gasteiger partial charge < -0.3 is 14.5 Å². The minimum absolute atomic E-state index is 0.0207. The van der Waals surface area contributed by atoms with Crippen LogP contribution >= 0.6 is 11.3 Å². The van der Waals surface area contributed by atoms with Gasteiger partial charge in [0.2, 0.25) is 5.89 Å². The van der Waals surface area contributed by atoms with Crippen LogP contribution in [0.15, 0.2) is 64.4 Å². The van der Waals surface area contributed by atoms with Crippen molar-refractivity contribution in [2.24, 2.45) is 5.92 Å². The van der Waals surface area contributed by atoms with E-state index in [2.05, 4.69) is 39.6 Å². The SMILES string of the molecule is C=C1CC(OC(=O)C2(c3cccs3)CCCCCC2)C1CC[NH2+]Cc1nnc(-c2ccccc2)o1.CC. The maximum absolute atomic E-state index is 13.6. The molecule has 2 aromatic heterocycles. The molecule has 2 aliphatic carbocycles. The van der Waals surface area contributed by atoms with Gasteiger partial charge >= 0.3 is 5.97 Å². The molecule has 0 spiro atoms. The predicted molar refractivity (Wildman–Crippen MR) is 147 cm³/mol.